The molecule has 2 aromatic carbocycles. The van der Waals surface area contributed by atoms with E-state index in [0.717, 1.165) is 17.1 Å². The second-order valence-corrected chi connectivity index (χ2v) is 4.69. The Morgan fingerprint density at radius 1 is 1.00 bits per heavy atom. The van der Waals surface area contributed by atoms with E-state index in [1.807, 2.05) is 42.5 Å². The molecule has 0 aliphatic heterocycles. The first kappa shape index (κ1) is 14.4. The summed E-state index contributed by atoms with van der Waals surface area (Å²) in [6.45, 7) is 1.48. The third-order valence-electron chi connectivity index (χ3n) is 2.66. The summed E-state index contributed by atoms with van der Waals surface area (Å²) in [6.07, 6.45) is 4.19. The van der Waals surface area contributed by atoms with E-state index in [1.54, 1.807) is 0 Å². The predicted molar refractivity (Wildman–Crippen MR) is 86.7 cm³/mol. The van der Waals surface area contributed by atoms with Crippen LogP contribution in [0.2, 0.25) is 5.02 Å². The molecule has 0 saturated carbocycles. The average Bonchev–Trinajstić information content (AvgIpc) is 2.49. The molecule has 0 bridgehead atoms. The fourth-order valence-corrected chi connectivity index (χ4v) is 1.78. The summed E-state index contributed by atoms with van der Waals surface area (Å²) in [6, 6.07) is 17.8. The lowest BCUT2D eigenvalue weighted by atomic mass is 10.2. The van der Waals surface area contributed by atoms with Crippen LogP contribution in [0.3, 0.4) is 0 Å². The average molecular weight is 282 g/mol. The van der Waals surface area contributed by atoms with Crippen molar-refractivity contribution >= 4 is 17.7 Å². The van der Waals surface area contributed by atoms with Gasteiger partial charge in [0, 0.05) is 17.1 Å². The molecule has 0 aliphatic carbocycles. The molecule has 2 aromatic rings. The maximum absolute atomic E-state index is 5.81. The van der Waals surface area contributed by atoms with Gasteiger partial charge in [-0.15, -0.1) is 0 Å². The Morgan fingerprint density at radius 2 is 1.75 bits per heavy atom. The first-order valence-corrected chi connectivity index (χ1v) is 6.89. The molecule has 0 fully saturated rings. The van der Waals surface area contributed by atoms with E-state index in [2.05, 4.69) is 41.4 Å². The third kappa shape index (κ3) is 5.32. The van der Waals surface area contributed by atoms with Gasteiger partial charge in [-0.3, -0.25) is 0 Å². The maximum atomic E-state index is 5.81. The summed E-state index contributed by atoms with van der Waals surface area (Å²) < 4.78 is 0. The van der Waals surface area contributed by atoms with E-state index >= 15 is 0 Å². The SMILES string of the molecule is Clc1ccc(C#CCNCC=Cc2ccccc2)cc1. The molecule has 0 aliphatic rings. The van der Waals surface area contributed by atoms with E-state index in [0.29, 0.717) is 6.54 Å². The summed E-state index contributed by atoms with van der Waals surface area (Å²) in [5.41, 5.74) is 2.19. The van der Waals surface area contributed by atoms with Crippen LogP contribution in [-0.2, 0) is 0 Å². The largest absolute Gasteiger partial charge is 0.303 e. The van der Waals surface area contributed by atoms with Crippen molar-refractivity contribution in [2.75, 3.05) is 13.1 Å². The zero-order valence-electron chi connectivity index (χ0n) is 11.1. The molecule has 0 aromatic heterocycles. The Morgan fingerprint density at radius 3 is 2.50 bits per heavy atom. The summed E-state index contributed by atoms with van der Waals surface area (Å²) in [4.78, 5) is 0. The van der Waals surface area contributed by atoms with Gasteiger partial charge in [-0.1, -0.05) is 65.9 Å². The standard InChI is InChI=1S/C18H16ClN/c19-18-12-10-17(11-13-18)9-5-15-20-14-4-8-16-6-2-1-3-7-16/h1-4,6-8,10-13,20H,14-15H2. The first-order valence-electron chi connectivity index (χ1n) is 6.51. The predicted octanol–water partition coefficient (Wildman–Crippen LogP) is 3.99. The normalized spacial score (nSPS) is 10.2. The van der Waals surface area contributed by atoms with E-state index in [1.165, 1.54) is 5.56 Å². The Bertz CT molecular complexity index is 603. The monoisotopic (exact) mass is 281 g/mol. The van der Waals surface area contributed by atoms with E-state index < -0.39 is 0 Å². The molecule has 0 spiro atoms. The molecule has 2 heteroatoms. The topological polar surface area (TPSA) is 12.0 Å². The number of hydrogen-bond donors (Lipinski definition) is 1. The number of rotatable bonds is 4. The summed E-state index contributed by atoms with van der Waals surface area (Å²) in [5.74, 6) is 6.17. The van der Waals surface area contributed by atoms with E-state index in [4.69, 9.17) is 11.6 Å². The fourth-order valence-electron chi connectivity index (χ4n) is 1.66. The van der Waals surface area contributed by atoms with Crippen molar-refractivity contribution in [2.45, 2.75) is 0 Å². The molecule has 0 atom stereocenters. The lowest BCUT2D eigenvalue weighted by Gasteiger charge is -1.94. The van der Waals surface area contributed by atoms with Gasteiger partial charge in [0.1, 0.15) is 0 Å². The smallest absolute Gasteiger partial charge is 0.0582 e. The van der Waals surface area contributed by atoms with E-state index in [9.17, 15) is 0 Å². The van der Waals surface area contributed by atoms with Crippen molar-refractivity contribution in [1.29, 1.82) is 0 Å². The second kappa shape index (κ2) is 8.22. The van der Waals surface area contributed by atoms with Crippen LogP contribution < -0.4 is 5.32 Å². The highest BCUT2D eigenvalue weighted by molar-refractivity contribution is 6.30. The molecule has 0 saturated heterocycles. The van der Waals surface area contributed by atoms with Gasteiger partial charge in [0.15, 0.2) is 0 Å². The van der Waals surface area contributed by atoms with Gasteiger partial charge in [-0.2, -0.15) is 0 Å². The maximum Gasteiger partial charge on any atom is 0.0582 e. The van der Waals surface area contributed by atoms with Crippen LogP contribution in [0.15, 0.2) is 60.7 Å². The molecular formula is C18H16ClN. The van der Waals surface area contributed by atoms with Crippen molar-refractivity contribution in [3.8, 4) is 11.8 Å². The first-order chi connectivity index (χ1) is 9.84. The Hall–Kier alpha value is -2.01. The molecular weight excluding hydrogens is 266 g/mol. The van der Waals surface area contributed by atoms with Gasteiger partial charge in [-0.05, 0) is 29.8 Å². The van der Waals surface area contributed by atoms with Crippen LogP contribution in [-0.4, -0.2) is 13.1 Å². The zero-order valence-corrected chi connectivity index (χ0v) is 11.9. The van der Waals surface area contributed by atoms with Gasteiger partial charge in [0.25, 0.3) is 0 Å². The molecule has 0 unspecified atom stereocenters. The molecule has 0 radical (unpaired) electrons. The van der Waals surface area contributed by atoms with Crippen LogP contribution in [0.25, 0.3) is 6.08 Å². The van der Waals surface area contributed by atoms with Gasteiger partial charge in [-0.25, -0.2) is 0 Å². The third-order valence-corrected chi connectivity index (χ3v) is 2.91. The van der Waals surface area contributed by atoms with Crippen LogP contribution in [0.1, 0.15) is 11.1 Å². The minimum absolute atomic E-state index is 0.668. The lowest BCUT2D eigenvalue weighted by Crippen LogP contribution is -2.13. The highest BCUT2D eigenvalue weighted by Crippen LogP contribution is 2.08. The molecule has 0 heterocycles. The van der Waals surface area contributed by atoms with Gasteiger partial charge < -0.3 is 5.32 Å². The van der Waals surface area contributed by atoms with Crippen LogP contribution >= 0.6 is 11.6 Å². The van der Waals surface area contributed by atoms with Crippen LogP contribution in [0.4, 0.5) is 0 Å². The Balaban J connectivity index is 1.70. The van der Waals surface area contributed by atoms with Crippen molar-refractivity contribution in [1.82, 2.24) is 5.32 Å². The second-order valence-electron chi connectivity index (χ2n) is 4.25. The van der Waals surface area contributed by atoms with Gasteiger partial charge in [0.05, 0.1) is 6.54 Å². The minimum atomic E-state index is 0.668. The van der Waals surface area contributed by atoms with Crippen LogP contribution in [0.5, 0.6) is 0 Å². The molecule has 0 amide bonds. The number of hydrogen-bond acceptors (Lipinski definition) is 1. The Labute approximate surface area is 125 Å². The van der Waals surface area contributed by atoms with E-state index in [-0.39, 0.29) is 0 Å². The van der Waals surface area contributed by atoms with Crippen molar-refractivity contribution in [3.05, 3.63) is 76.8 Å². The quantitative estimate of drug-likeness (QED) is 0.660. The number of nitrogens with one attached hydrogen (secondary N) is 1. The molecule has 20 heavy (non-hydrogen) atoms. The lowest BCUT2D eigenvalue weighted by molar-refractivity contribution is 0.859. The summed E-state index contributed by atoms with van der Waals surface area (Å²) in [7, 11) is 0. The van der Waals surface area contributed by atoms with Gasteiger partial charge >= 0.3 is 0 Å². The highest BCUT2D eigenvalue weighted by Gasteiger charge is 1.86. The number of benzene rings is 2. The number of halogens is 1. The molecule has 1 N–H and O–H groups in total. The highest BCUT2D eigenvalue weighted by atomic mass is 35.5. The minimum Gasteiger partial charge on any atom is -0.303 e. The summed E-state index contributed by atoms with van der Waals surface area (Å²) in [5, 5.41) is 3.99. The van der Waals surface area contributed by atoms with Gasteiger partial charge in [0.2, 0.25) is 0 Å². The molecule has 2 rings (SSSR count). The summed E-state index contributed by atoms with van der Waals surface area (Å²) >= 11 is 5.81. The van der Waals surface area contributed by atoms with Crippen molar-refractivity contribution in [3.63, 3.8) is 0 Å². The van der Waals surface area contributed by atoms with Crippen LogP contribution in [0, 0.1) is 11.8 Å². The Kier molecular flexibility index (Phi) is 5.92. The van der Waals surface area contributed by atoms with Crippen molar-refractivity contribution < 1.29 is 0 Å². The molecule has 100 valence electrons. The fraction of sp³-hybridized carbons (Fsp3) is 0.111. The zero-order chi connectivity index (χ0) is 14.0. The molecule has 1 nitrogen and oxygen atoms in total. The van der Waals surface area contributed by atoms with Crippen molar-refractivity contribution in [2.24, 2.45) is 0 Å².